The minimum Gasteiger partial charge on any atom is -0.372 e. The number of ether oxygens (including phenoxy) is 1. The molecule has 0 saturated carbocycles. The number of hydrogen-bond donors (Lipinski definition) is 2. The van der Waals surface area contributed by atoms with Gasteiger partial charge in [0.05, 0.1) is 25.1 Å². The summed E-state index contributed by atoms with van der Waals surface area (Å²) < 4.78 is 43.7. The lowest BCUT2D eigenvalue weighted by atomic mass is 10.3. The summed E-state index contributed by atoms with van der Waals surface area (Å²) in [6, 6.07) is 0. The Labute approximate surface area is 107 Å². The molecule has 0 aliphatic rings. The van der Waals surface area contributed by atoms with Crippen LogP contribution >= 0.6 is 7.82 Å². The molecule has 1 atom stereocenters. The van der Waals surface area contributed by atoms with E-state index < -0.39 is 23.9 Å². The summed E-state index contributed by atoms with van der Waals surface area (Å²) in [5.74, 6) is 0. The van der Waals surface area contributed by atoms with Gasteiger partial charge in [0, 0.05) is 13.6 Å². The number of rotatable bonds is 8. The third-order valence-corrected chi connectivity index (χ3v) is 3.69. The minimum atomic E-state index is -4.60. The van der Waals surface area contributed by atoms with Gasteiger partial charge in [-0.3, -0.25) is 4.52 Å². The van der Waals surface area contributed by atoms with Crippen molar-refractivity contribution < 1.29 is 32.0 Å². The Balaban J connectivity index is 4.55. The average molecular weight is 305 g/mol. The van der Waals surface area contributed by atoms with Crippen molar-refractivity contribution in [1.82, 2.24) is 4.31 Å². The fraction of sp³-hybridized carbons (Fsp3) is 1.00. The van der Waals surface area contributed by atoms with Gasteiger partial charge in [-0.2, -0.15) is 0 Å². The number of sulfonamides is 1. The summed E-state index contributed by atoms with van der Waals surface area (Å²) in [7, 11) is -6.63. The lowest BCUT2D eigenvalue weighted by molar-refractivity contribution is -0.0281. The van der Waals surface area contributed by atoms with E-state index >= 15 is 0 Å². The molecule has 0 aliphatic heterocycles. The molecule has 0 aromatic heterocycles. The zero-order valence-corrected chi connectivity index (χ0v) is 12.5. The summed E-state index contributed by atoms with van der Waals surface area (Å²) in [6.07, 6.45) is 0.0594. The van der Waals surface area contributed by atoms with Gasteiger partial charge in [-0.1, -0.05) is 0 Å². The van der Waals surface area contributed by atoms with Crippen LogP contribution in [0.4, 0.5) is 0 Å². The fourth-order valence-corrected chi connectivity index (χ4v) is 1.92. The second-order valence-corrected chi connectivity index (χ2v) is 7.47. The van der Waals surface area contributed by atoms with Crippen molar-refractivity contribution >= 4 is 17.8 Å². The Bertz CT molecular complexity index is 390. The molecule has 0 rings (SSSR count). The number of likely N-dealkylation sites (N-methyl/N-ethyl adjacent to an activating group) is 1. The lowest BCUT2D eigenvalue weighted by Crippen LogP contribution is -2.38. The Morgan fingerprint density at radius 2 is 1.83 bits per heavy atom. The minimum absolute atomic E-state index is 0.0446. The molecule has 0 aliphatic carbocycles. The lowest BCUT2D eigenvalue weighted by Gasteiger charge is -2.24. The van der Waals surface area contributed by atoms with Crippen LogP contribution in [-0.2, 0) is 23.8 Å². The van der Waals surface area contributed by atoms with E-state index in [0.29, 0.717) is 0 Å². The molecular weight excluding hydrogens is 285 g/mol. The quantitative estimate of drug-likeness (QED) is 0.596. The molecule has 0 saturated heterocycles. The Morgan fingerprint density at radius 3 is 2.17 bits per heavy atom. The van der Waals surface area contributed by atoms with E-state index in [4.69, 9.17) is 14.5 Å². The van der Waals surface area contributed by atoms with E-state index in [0.717, 1.165) is 10.6 Å². The van der Waals surface area contributed by atoms with Crippen molar-refractivity contribution in [3.8, 4) is 0 Å². The van der Waals surface area contributed by atoms with Crippen LogP contribution in [0.2, 0.25) is 0 Å². The molecule has 0 unspecified atom stereocenters. The van der Waals surface area contributed by atoms with Gasteiger partial charge in [-0.15, -0.1) is 0 Å². The number of phosphoric ester groups is 1. The number of phosphoric acid groups is 1. The summed E-state index contributed by atoms with van der Waals surface area (Å²) in [5.41, 5.74) is 0. The van der Waals surface area contributed by atoms with Crippen molar-refractivity contribution in [2.45, 2.75) is 26.1 Å². The molecule has 0 radical (unpaired) electrons. The van der Waals surface area contributed by atoms with Gasteiger partial charge < -0.3 is 14.5 Å². The summed E-state index contributed by atoms with van der Waals surface area (Å²) in [4.78, 5) is 17.2. The SMILES string of the molecule is CC(C)O[C@H](COP(=O)(O)O)CN(C)S(C)(=O)=O. The first-order valence-corrected chi connectivity index (χ1v) is 8.56. The smallest absolute Gasteiger partial charge is 0.372 e. The summed E-state index contributed by atoms with van der Waals surface area (Å²) in [6.45, 7) is 3.02. The molecule has 0 aromatic carbocycles. The van der Waals surface area contributed by atoms with Crippen LogP contribution in [0.3, 0.4) is 0 Å². The molecule has 0 heterocycles. The molecule has 10 heteroatoms. The van der Waals surface area contributed by atoms with E-state index in [2.05, 4.69) is 4.52 Å². The maximum atomic E-state index is 11.2. The van der Waals surface area contributed by atoms with E-state index in [9.17, 15) is 13.0 Å². The molecular formula is C8H20NO7PS. The normalized spacial score (nSPS) is 15.3. The summed E-state index contributed by atoms with van der Waals surface area (Å²) >= 11 is 0. The van der Waals surface area contributed by atoms with Crippen molar-refractivity contribution in [2.75, 3.05) is 26.5 Å². The van der Waals surface area contributed by atoms with Gasteiger partial charge in [0.1, 0.15) is 0 Å². The first-order chi connectivity index (χ1) is 7.92. The predicted molar refractivity (Wildman–Crippen MR) is 65.5 cm³/mol. The third kappa shape index (κ3) is 8.98. The maximum Gasteiger partial charge on any atom is 0.469 e. The van der Waals surface area contributed by atoms with Crippen LogP contribution in [0, 0.1) is 0 Å². The highest BCUT2D eigenvalue weighted by Crippen LogP contribution is 2.35. The predicted octanol–water partition coefficient (Wildman–Crippen LogP) is -0.219. The maximum absolute atomic E-state index is 11.2. The van der Waals surface area contributed by atoms with Gasteiger partial charge in [0.25, 0.3) is 0 Å². The van der Waals surface area contributed by atoms with Crippen molar-refractivity contribution in [1.29, 1.82) is 0 Å². The fourth-order valence-electron chi connectivity index (χ4n) is 1.12. The van der Waals surface area contributed by atoms with Gasteiger partial charge in [0.15, 0.2) is 0 Å². The van der Waals surface area contributed by atoms with Gasteiger partial charge >= 0.3 is 7.82 Å². The largest absolute Gasteiger partial charge is 0.469 e. The highest BCUT2D eigenvalue weighted by molar-refractivity contribution is 7.88. The van der Waals surface area contributed by atoms with Crippen molar-refractivity contribution in [3.05, 3.63) is 0 Å². The first-order valence-electron chi connectivity index (χ1n) is 5.18. The molecule has 0 amide bonds. The van der Waals surface area contributed by atoms with E-state index in [1.165, 1.54) is 7.05 Å². The number of hydrogen-bond acceptors (Lipinski definition) is 5. The highest BCUT2D eigenvalue weighted by Gasteiger charge is 2.23. The topological polar surface area (TPSA) is 113 Å². The monoisotopic (exact) mass is 305 g/mol. The second-order valence-electron chi connectivity index (χ2n) is 4.14. The zero-order valence-electron chi connectivity index (χ0n) is 10.8. The molecule has 0 spiro atoms. The summed E-state index contributed by atoms with van der Waals surface area (Å²) in [5, 5.41) is 0. The first kappa shape index (κ1) is 18.0. The molecule has 2 N–H and O–H groups in total. The van der Waals surface area contributed by atoms with Gasteiger partial charge in [-0.05, 0) is 13.8 Å². The zero-order chi connectivity index (χ0) is 14.6. The van der Waals surface area contributed by atoms with Gasteiger partial charge in [0.2, 0.25) is 10.0 Å². The Morgan fingerprint density at radius 1 is 1.33 bits per heavy atom. The third-order valence-electron chi connectivity index (χ3n) is 1.92. The molecule has 110 valence electrons. The molecule has 0 fully saturated rings. The number of nitrogens with zero attached hydrogens (tertiary/aromatic N) is 1. The van der Waals surface area contributed by atoms with Crippen LogP contribution < -0.4 is 0 Å². The van der Waals surface area contributed by atoms with Crippen LogP contribution in [0.15, 0.2) is 0 Å². The van der Waals surface area contributed by atoms with Crippen molar-refractivity contribution in [2.24, 2.45) is 0 Å². The molecule has 8 nitrogen and oxygen atoms in total. The van der Waals surface area contributed by atoms with Crippen LogP contribution in [0.25, 0.3) is 0 Å². The van der Waals surface area contributed by atoms with E-state index in [1.807, 2.05) is 0 Å². The van der Waals surface area contributed by atoms with Gasteiger partial charge in [-0.25, -0.2) is 17.3 Å². The molecule has 18 heavy (non-hydrogen) atoms. The van der Waals surface area contributed by atoms with Crippen LogP contribution in [-0.4, -0.2) is 61.2 Å². The average Bonchev–Trinajstić information content (AvgIpc) is 2.10. The Kier molecular flexibility index (Phi) is 6.94. The van der Waals surface area contributed by atoms with E-state index in [1.54, 1.807) is 13.8 Å². The van der Waals surface area contributed by atoms with Crippen molar-refractivity contribution in [3.63, 3.8) is 0 Å². The van der Waals surface area contributed by atoms with Crippen LogP contribution in [0.1, 0.15) is 13.8 Å². The molecule has 0 aromatic rings. The standard InChI is InChI=1S/C8H20NO7PS/c1-7(2)16-8(6-15-17(10,11)12)5-9(3)18(4,13)14/h7-8H,5-6H2,1-4H3,(H2,10,11,12)/t8-/m0/s1. The second kappa shape index (κ2) is 6.95. The van der Waals surface area contributed by atoms with Crippen LogP contribution in [0.5, 0.6) is 0 Å². The Hall–Kier alpha value is -0.0200. The highest BCUT2D eigenvalue weighted by atomic mass is 32.2. The van der Waals surface area contributed by atoms with E-state index in [-0.39, 0.29) is 19.3 Å². The molecule has 0 bridgehead atoms.